The summed E-state index contributed by atoms with van der Waals surface area (Å²) in [5.41, 5.74) is 0. The SMILES string of the molecule is Cc1nccn1-c1cc(NS(=O)(=O)c2cccc(Cl)c2)ncn1. The summed E-state index contributed by atoms with van der Waals surface area (Å²) in [6.45, 7) is 1.82. The number of nitrogens with zero attached hydrogens (tertiary/aromatic N) is 4. The number of aryl methyl sites for hydroxylation is 1. The lowest BCUT2D eigenvalue weighted by Crippen LogP contribution is -2.14. The molecule has 0 radical (unpaired) electrons. The van der Waals surface area contributed by atoms with Crippen molar-refractivity contribution in [2.24, 2.45) is 0 Å². The minimum atomic E-state index is -3.78. The molecule has 0 amide bonds. The Morgan fingerprint density at radius 2 is 2.00 bits per heavy atom. The van der Waals surface area contributed by atoms with Crippen LogP contribution in [0.15, 0.2) is 53.9 Å². The zero-order chi connectivity index (χ0) is 16.4. The van der Waals surface area contributed by atoms with E-state index in [0.717, 1.165) is 5.82 Å². The lowest BCUT2D eigenvalue weighted by molar-refractivity contribution is 0.601. The molecular weight excluding hydrogens is 338 g/mol. The number of imidazole rings is 1. The second-order valence-electron chi connectivity index (χ2n) is 4.67. The molecule has 0 aliphatic carbocycles. The molecule has 0 aliphatic rings. The van der Waals surface area contributed by atoms with E-state index in [-0.39, 0.29) is 10.7 Å². The van der Waals surface area contributed by atoms with Crippen molar-refractivity contribution in [3.05, 3.63) is 59.9 Å². The van der Waals surface area contributed by atoms with Gasteiger partial charge in [0.1, 0.15) is 23.8 Å². The molecule has 3 rings (SSSR count). The van der Waals surface area contributed by atoms with E-state index in [2.05, 4.69) is 19.7 Å². The fraction of sp³-hybridized carbons (Fsp3) is 0.0714. The van der Waals surface area contributed by atoms with Crippen LogP contribution in [0.1, 0.15) is 5.82 Å². The van der Waals surface area contributed by atoms with E-state index >= 15 is 0 Å². The van der Waals surface area contributed by atoms with Crippen LogP contribution in [0.25, 0.3) is 5.82 Å². The quantitative estimate of drug-likeness (QED) is 0.781. The number of hydrogen-bond acceptors (Lipinski definition) is 5. The highest BCUT2D eigenvalue weighted by Gasteiger charge is 2.16. The van der Waals surface area contributed by atoms with Gasteiger partial charge in [0.2, 0.25) is 0 Å². The fourth-order valence-corrected chi connectivity index (χ4v) is 3.29. The number of aromatic nitrogens is 4. The lowest BCUT2D eigenvalue weighted by atomic mass is 10.4. The summed E-state index contributed by atoms with van der Waals surface area (Å²) in [4.78, 5) is 12.2. The summed E-state index contributed by atoms with van der Waals surface area (Å²) in [5, 5.41) is 0.338. The molecule has 0 atom stereocenters. The van der Waals surface area contributed by atoms with Gasteiger partial charge < -0.3 is 0 Å². The Hall–Kier alpha value is -2.45. The molecule has 1 N–H and O–H groups in total. The Labute approximate surface area is 138 Å². The minimum Gasteiger partial charge on any atom is -0.288 e. The van der Waals surface area contributed by atoms with E-state index in [1.807, 2.05) is 6.92 Å². The summed E-state index contributed by atoms with van der Waals surface area (Å²) < 4.78 is 28.9. The van der Waals surface area contributed by atoms with E-state index in [1.165, 1.54) is 24.5 Å². The Kier molecular flexibility index (Phi) is 4.01. The van der Waals surface area contributed by atoms with Gasteiger partial charge >= 0.3 is 0 Å². The van der Waals surface area contributed by atoms with Crippen LogP contribution in [-0.4, -0.2) is 27.9 Å². The Morgan fingerprint density at radius 1 is 1.17 bits per heavy atom. The van der Waals surface area contributed by atoms with Crippen molar-refractivity contribution in [3.63, 3.8) is 0 Å². The molecule has 2 aromatic heterocycles. The maximum Gasteiger partial charge on any atom is 0.263 e. The molecule has 3 aromatic rings. The lowest BCUT2D eigenvalue weighted by Gasteiger charge is -2.09. The number of anilines is 1. The van der Waals surface area contributed by atoms with Crippen LogP contribution in [-0.2, 0) is 10.0 Å². The summed E-state index contributed by atoms with van der Waals surface area (Å²) in [6, 6.07) is 7.52. The van der Waals surface area contributed by atoms with Crippen molar-refractivity contribution >= 4 is 27.4 Å². The maximum atomic E-state index is 12.4. The van der Waals surface area contributed by atoms with Crippen molar-refractivity contribution in [1.82, 2.24) is 19.5 Å². The van der Waals surface area contributed by atoms with Crippen LogP contribution in [0.2, 0.25) is 5.02 Å². The third-order valence-electron chi connectivity index (χ3n) is 3.07. The van der Waals surface area contributed by atoms with E-state index in [1.54, 1.807) is 29.1 Å². The van der Waals surface area contributed by atoms with Crippen LogP contribution in [0.4, 0.5) is 5.82 Å². The van der Waals surface area contributed by atoms with Crippen molar-refractivity contribution in [3.8, 4) is 5.82 Å². The standard InChI is InChI=1S/C14H12ClN5O2S/c1-10-16-5-6-20(10)14-8-13(17-9-18-14)19-23(21,22)12-4-2-3-11(15)7-12/h2-9H,1H3,(H,17,18,19). The highest BCUT2D eigenvalue weighted by Crippen LogP contribution is 2.19. The fourth-order valence-electron chi connectivity index (χ4n) is 1.99. The van der Waals surface area contributed by atoms with Crippen LogP contribution >= 0.6 is 11.6 Å². The molecule has 9 heteroatoms. The van der Waals surface area contributed by atoms with Crippen LogP contribution in [0.5, 0.6) is 0 Å². The Bertz CT molecular complexity index is 955. The third-order valence-corrected chi connectivity index (χ3v) is 4.66. The van der Waals surface area contributed by atoms with Gasteiger partial charge in [-0.25, -0.2) is 23.4 Å². The second-order valence-corrected chi connectivity index (χ2v) is 6.79. The number of benzene rings is 1. The van der Waals surface area contributed by atoms with Gasteiger partial charge in [-0.15, -0.1) is 0 Å². The molecule has 1 aromatic carbocycles. The van der Waals surface area contributed by atoms with Gasteiger partial charge in [-0.2, -0.15) is 0 Å². The molecule has 0 aliphatic heterocycles. The van der Waals surface area contributed by atoms with E-state index < -0.39 is 10.0 Å². The largest absolute Gasteiger partial charge is 0.288 e. The predicted octanol–water partition coefficient (Wildman–Crippen LogP) is 2.42. The average molecular weight is 350 g/mol. The smallest absolute Gasteiger partial charge is 0.263 e. The number of hydrogen-bond donors (Lipinski definition) is 1. The molecule has 23 heavy (non-hydrogen) atoms. The molecule has 7 nitrogen and oxygen atoms in total. The normalized spacial score (nSPS) is 11.4. The highest BCUT2D eigenvalue weighted by atomic mass is 35.5. The minimum absolute atomic E-state index is 0.0592. The van der Waals surface area contributed by atoms with Crippen molar-refractivity contribution < 1.29 is 8.42 Å². The number of rotatable bonds is 4. The van der Waals surface area contributed by atoms with Gasteiger partial charge in [-0.3, -0.25) is 9.29 Å². The number of nitrogens with one attached hydrogen (secondary N) is 1. The molecule has 0 unspecified atom stereocenters. The molecule has 0 spiro atoms. The second kappa shape index (κ2) is 5.98. The van der Waals surface area contributed by atoms with E-state index in [0.29, 0.717) is 10.8 Å². The zero-order valence-corrected chi connectivity index (χ0v) is 13.6. The first-order valence-corrected chi connectivity index (χ1v) is 8.42. The summed E-state index contributed by atoms with van der Waals surface area (Å²) >= 11 is 5.84. The molecule has 0 fully saturated rings. The van der Waals surface area contributed by atoms with Crippen LogP contribution in [0.3, 0.4) is 0 Å². The first-order valence-electron chi connectivity index (χ1n) is 6.56. The third kappa shape index (κ3) is 3.33. The van der Waals surface area contributed by atoms with Gasteiger partial charge in [0.15, 0.2) is 0 Å². The van der Waals surface area contributed by atoms with Crippen molar-refractivity contribution in [2.75, 3.05) is 4.72 Å². The molecule has 118 valence electrons. The molecule has 0 bridgehead atoms. The van der Waals surface area contributed by atoms with Gasteiger partial charge in [0, 0.05) is 23.5 Å². The van der Waals surface area contributed by atoms with Gasteiger partial charge in [-0.05, 0) is 25.1 Å². The van der Waals surface area contributed by atoms with E-state index in [9.17, 15) is 8.42 Å². The van der Waals surface area contributed by atoms with Crippen LogP contribution < -0.4 is 4.72 Å². The van der Waals surface area contributed by atoms with Crippen molar-refractivity contribution in [2.45, 2.75) is 11.8 Å². The van der Waals surface area contributed by atoms with Gasteiger partial charge in [0.25, 0.3) is 10.0 Å². The Balaban J connectivity index is 1.93. The predicted molar refractivity (Wildman–Crippen MR) is 86.2 cm³/mol. The maximum absolute atomic E-state index is 12.4. The molecule has 2 heterocycles. The first-order chi connectivity index (χ1) is 11.0. The van der Waals surface area contributed by atoms with Gasteiger partial charge in [-0.1, -0.05) is 17.7 Å². The first kappa shape index (κ1) is 15.4. The molecular formula is C14H12ClN5O2S. The number of halogens is 1. The van der Waals surface area contributed by atoms with Gasteiger partial charge in [0.05, 0.1) is 4.90 Å². The van der Waals surface area contributed by atoms with E-state index in [4.69, 9.17) is 11.6 Å². The highest BCUT2D eigenvalue weighted by molar-refractivity contribution is 7.92. The van der Waals surface area contributed by atoms with Crippen LogP contribution in [0, 0.1) is 6.92 Å². The molecule has 0 saturated carbocycles. The summed E-state index contributed by atoms with van der Waals surface area (Å²) in [7, 11) is -3.78. The Morgan fingerprint density at radius 3 is 2.70 bits per heavy atom. The summed E-state index contributed by atoms with van der Waals surface area (Å²) in [5.74, 6) is 1.40. The number of sulfonamides is 1. The monoisotopic (exact) mass is 349 g/mol. The van der Waals surface area contributed by atoms with Crippen molar-refractivity contribution in [1.29, 1.82) is 0 Å². The average Bonchev–Trinajstić information content (AvgIpc) is 2.93. The zero-order valence-electron chi connectivity index (χ0n) is 12.0. The summed E-state index contributed by atoms with van der Waals surface area (Å²) in [6.07, 6.45) is 4.64. The topological polar surface area (TPSA) is 89.8 Å². The molecule has 0 saturated heterocycles.